The molecule has 0 aliphatic rings. The molecular weight excluding hydrogens is 304 g/mol. The van der Waals surface area contributed by atoms with Crippen molar-refractivity contribution in [2.24, 2.45) is 0 Å². The first kappa shape index (κ1) is 19.7. The Morgan fingerprint density at radius 2 is 1.96 bits per heavy atom. The molecule has 0 saturated heterocycles. The van der Waals surface area contributed by atoms with E-state index in [9.17, 15) is 5.26 Å². The number of aryl methyl sites for hydroxylation is 1. The Labute approximate surface area is 142 Å². The largest absolute Gasteiger partial charge is 0.477 e. The Kier molecular flexibility index (Phi) is 6.79. The summed E-state index contributed by atoms with van der Waals surface area (Å²) >= 11 is 0. The predicted molar refractivity (Wildman–Crippen MR) is 96.1 cm³/mol. The van der Waals surface area contributed by atoms with Gasteiger partial charge in [-0.3, -0.25) is 0 Å². The van der Waals surface area contributed by atoms with E-state index < -0.39 is 8.32 Å². The van der Waals surface area contributed by atoms with Crippen LogP contribution in [0.5, 0.6) is 5.88 Å². The first-order valence-electron chi connectivity index (χ1n) is 8.29. The van der Waals surface area contributed by atoms with Gasteiger partial charge in [0.2, 0.25) is 5.88 Å². The molecule has 0 fully saturated rings. The van der Waals surface area contributed by atoms with Crippen LogP contribution >= 0.6 is 0 Å². The number of hydrogen-bond donors (Lipinski definition) is 0. The Bertz CT molecular complexity index is 572. The lowest BCUT2D eigenvalue weighted by molar-refractivity contribution is 0.271. The van der Waals surface area contributed by atoms with Gasteiger partial charge in [0.15, 0.2) is 8.32 Å². The molecule has 1 aromatic heterocycles. The van der Waals surface area contributed by atoms with E-state index in [1.165, 1.54) is 0 Å². The molecule has 0 bridgehead atoms. The first-order chi connectivity index (χ1) is 10.6. The summed E-state index contributed by atoms with van der Waals surface area (Å²) in [5.41, 5.74) is 2.23. The third-order valence-electron chi connectivity index (χ3n) is 4.44. The second-order valence-corrected chi connectivity index (χ2v) is 12.3. The summed E-state index contributed by atoms with van der Waals surface area (Å²) in [6.07, 6.45) is 2.01. The van der Waals surface area contributed by atoms with Crippen molar-refractivity contribution in [3.05, 3.63) is 22.9 Å². The van der Waals surface area contributed by atoms with Gasteiger partial charge in [0.25, 0.3) is 0 Å². The number of nitriles is 1. The van der Waals surface area contributed by atoms with Crippen LogP contribution in [0.3, 0.4) is 0 Å². The summed E-state index contributed by atoms with van der Waals surface area (Å²) in [7, 11) is -1.86. The van der Waals surface area contributed by atoms with E-state index in [0.29, 0.717) is 24.7 Å². The van der Waals surface area contributed by atoms with Crippen LogP contribution in [0.15, 0.2) is 6.07 Å². The van der Waals surface area contributed by atoms with E-state index in [0.717, 1.165) is 24.1 Å². The van der Waals surface area contributed by atoms with E-state index in [-0.39, 0.29) is 5.04 Å². The molecule has 0 aliphatic heterocycles. The fraction of sp³-hybridized carbons (Fsp3) is 0.667. The minimum Gasteiger partial charge on any atom is -0.477 e. The average molecular weight is 335 g/mol. The maximum absolute atomic E-state index is 9.52. The molecule has 0 unspecified atom stereocenters. The summed E-state index contributed by atoms with van der Waals surface area (Å²) < 4.78 is 12.0. The normalized spacial score (nSPS) is 12.1. The number of rotatable bonds is 7. The minimum absolute atomic E-state index is 0.141. The number of pyridine rings is 1. The van der Waals surface area contributed by atoms with E-state index in [1.54, 1.807) is 0 Å². The van der Waals surface area contributed by atoms with Crippen LogP contribution in [0.4, 0.5) is 0 Å². The lowest BCUT2D eigenvalue weighted by Crippen LogP contribution is -2.40. The molecule has 1 aromatic rings. The molecule has 0 aromatic carbocycles. The van der Waals surface area contributed by atoms with Gasteiger partial charge in [-0.15, -0.1) is 0 Å². The first-order valence-corrected chi connectivity index (χ1v) is 11.2. The van der Waals surface area contributed by atoms with Crippen molar-refractivity contribution >= 4 is 8.32 Å². The highest BCUT2D eigenvalue weighted by Gasteiger charge is 2.37. The number of hydrogen-bond acceptors (Lipinski definition) is 4. The molecule has 1 heterocycles. The van der Waals surface area contributed by atoms with E-state index in [4.69, 9.17) is 9.16 Å². The molecule has 0 amide bonds. The lowest BCUT2D eigenvalue weighted by Gasteiger charge is -2.36. The van der Waals surface area contributed by atoms with E-state index in [2.05, 4.69) is 51.8 Å². The second-order valence-electron chi connectivity index (χ2n) is 7.47. The molecule has 0 N–H and O–H groups in total. The molecule has 4 nitrogen and oxygen atoms in total. The quantitative estimate of drug-likeness (QED) is 0.522. The zero-order valence-corrected chi connectivity index (χ0v) is 16.6. The Morgan fingerprint density at radius 1 is 1.30 bits per heavy atom. The highest BCUT2D eigenvalue weighted by molar-refractivity contribution is 6.74. The smallest absolute Gasteiger partial charge is 0.232 e. The lowest BCUT2D eigenvalue weighted by atomic mass is 10.1. The maximum atomic E-state index is 9.52. The van der Waals surface area contributed by atoms with Crippen LogP contribution in [-0.4, -0.2) is 19.9 Å². The van der Waals surface area contributed by atoms with Gasteiger partial charge in [-0.05, 0) is 37.5 Å². The van der Waals surface area contributed by atoms with Crippen molar-refractivity contribution < 1.29 is 9.16 Å². The molecule has 23 heavy (non-hydrogen) atoms. The summed E-state index contributed by atoms with van der Waals surface area (Å²) in [6.45, 7) is 16.1. The van der Waals surface area contributed by atoms with Crippen LogP contribution in [0, 0.1) is 18.3 Å². The molecule has 0 saturated carbocycles. The highest BCUT2D eigenvalue weighted by Crippen LogP contribution is 2.37. The SMILES string of the molecule is CCCCOc1nc(C)cc(CO[Si](C)(C)C(C)(C)C)c1C#N. The van der Waals surface area contributed by atoms with Crippen LogP contribution in [-0.2, 0) is 11.0 Å². The summed E-state index contributed by atoms with van der Waals surface area (Å²) in [4.78, 5) is 4.38. The van der Waals surface area contributed by atoms with Gasteiger partial charge < -0.3 is 9.16 Å². The van der Waals surface area contributed by atoms with Gasteiger partial charge in [0, 0.05) is 11.3 Å². The Hall–Kier alpha value is -1.38. The predicted octanol–water partition coefficient (Wildman–Crippen LogP) is 4.96. The highest BCUT2D eigenvalue weighted by atomic mass is 28.4. The van der Waals surface area contributed by atoms with E-state index >= 15 is 0 Å². The summed E-state index contributed by atoms with van der Waals surface area (Å²) in [6, 6.07) is 4.17. The van der Waals surface area contributed by atoms with Crippen molar-refractivity contribution in [2.75, 3.05) is 6.61 Å². The van der Waals surface area contributed by atoms with Gasteiger partial charge in [-0.2, -0.15) is 5.26 Å². The Morgan fingerprint density at radius 3 is 2.48 bits per heavy atom. The van der Waals surface area contributed by atoms with Crippen LogP contribution in [0.2, 0.25) is 18.1 Å². The molecule has 0 atom stereocenters. The Balaban J connectivity index is 3.00. The van der Waals surface area contributed by atoms with Crippen molar-refractivity contribution in [3.63, 3.8) is 0 Å². The van der Waals surface area contributed by atoms with Crippen molar-refractivity contribution in [2.45, 2.75) is 72.2 Å². The number of nitrogens with zero attached hydrogens (tertiary/aromatic N) is 2. The third-order valence-corrected chi connectivity index (χ3v) is 8.92. The number of unbranched alkanes of at least 4 members (excludes halogenated alkanes) is 1. The summed E-state index contributed by atoms with van der Waals surface area (Å²) in [5.74, 6) is 0.440. The molecule has 1 rings (SSSR count). The standard InChI is InChI=1S/C18H30N2O2Si/c1-8-9-10-21-17-16(12-19)15(11-14(2)20-17)13-22-23(6,7)18(3,4)5/h11H,8-10,13H2,1-7H3. The van der Waals surface area contributed by atoms with Gasteiger partial charge in [-0.25, -0.2) is 4.98 Å². The number of aromatic nitrogens is 1. The molecule has 0 aliphatic carbocycles. The zero-order chi connectivity index (χ0) is 17.7. The minimum atomic E-state index is -1.86. The molecule has 128 valence electrons. The van der Waals surface area contributed by atoms with Gasteiger partial charge in [0.1, 0.15) is 11.6 Å². The molecular formula is C18H30N2O2Si. The maximum Gasteiger partial charge on any atom is 0.232 e. The number of ether oxygens (including phenoxy) is 1. The van der Waals surface area contributed by atoms with Gasteiger partial charge in [-0.1, -0.05) is 34.1 Å². The van der Waals surface area contributed by atoms with Gasteiger partial charge >= 0.3 is 0 Å². The van der Waals surface area contributed by atoms with Crippen molar-refractivity contribution in [1.82, 2.24) is 4.98 Å². The fourth-order valence-electron chi connectivity index (χ4n) is 1.84. The van der Waals surface area contributed by atoms with Crippen LogP contribution in [0.25, 0.3) is 0 Å². The van der Waals surface area contributed by atoms with Crippen molar-refractivity contribution in [1.29, 1.82) is 5.26 Å². The zero-order valence-electron chi connectivity index (χ0n) is 15.6. The average Bonchev–Trinajstić information content (AvgIpc) is 2.44. The van der Waals surface area contributed by atoms with Gasteiger partial charge in [0.05, 0.1) is 13.2 Å². The second kappa shape index (κ2) is 7.94. The summed E-state index contributed by atoms with van der Waals surface area (Å²) in [5, 5.41) is 9.66. The third kappa shape index (κ3) is 5.33. The molecule has 0 radical (unpaired) electrons. The molecule has 0 spiro atoms. The van der Waals surface area contributed by atoms with E-state index in [1.807, 2.05) is 13.0 Å². The monoisotopic (exact) mass is 334 g/mol. The topological polar surface area (TPSA) is 55.1 Å². The van der Waals surface area contributed by atoms with Crippen LogP contribution in [0.1, 0.15) is 57.4 Å². The molecule has 5 heteroatoms. The van der Waals surface area contributed by atoms with Crippen molar-refractivity contribution in [3.8, 4) is 11.9 Å². The fourth-order valence-corrected chi connectivity index (χ4v) is 2.79. The van der Waals surface area contributed by atoms with Crippen LogP contribution < -0.4 is 4.74 Å².